The summed E-state index contributed by atoms with van der Waals surface area (Å²) in [6.45, 7) is 1.99. The summed E-state index contributed by atoms with van der Waals surface area (Å²) in [4.78, 5) is 21.0. The van der Waals surface area contributed by atoms with Gasteiger partial charge in [-0.05, 0) is 61.0 Å². The summed E-state index contributed by atoms with van der Waals surface area (Å²) >= 11 is 0. The molecule has 148 valence electrons. The molecule has 3 aromatic carbocycles. The van der Waals surface area contributed by atoms with Crippen molar-refractivity contribution in [3.8, 4) is 22.9 Å². The minimum Gasteiger partial charge on any atom is -0.424 e. The lowest BCUT2D eigenvalue weighted by molar-refractivity contribution is 0.102. The van der Waals surface area contributed by atoms with Gasteiger partial charge in [0.25, 0.3) is 5.91 Å². The zero-order valence-electron chi connectivity index (χ0n) is 16.2. The maximum absolute atomic E-state index is 13.0. The standard InChI is InChI=1S/C24H18FN3O2/c1-16-5-9-21(10-6-16)28-23(29)18-4-2-3-17(13-18)19-14-26-24(27-15-19)30-22-11-7-20(25)8-12-22/h2-15H,1H3,(H,28,29). The highest BCUT2D eigenvalue weighted by Gasteiger charge is 2.09. The van der Waals surface area contributed by atoms with E-state index in [-0.39, 0.29) is 17.7 Å². The van der Waals surface area contributed by atoms with Gasteiger partial charge in [-0.2, -0.15) is 0 Å². The third kappa shape index (κ3) is 4.67. The minimum absolute atomic E-state index is 0.152. The third-order valence-corrected chi connectivity index (χ3v) is 4.42. The average molecular weight is 399 g/mol. The molecular formula is C24H18FN3O2. The molecule has 1 aromatic heterocycles. The molecule has 0 radical (unpaired) electrons. The number of hydrogen-bond acceptors (Lipinski definition) is 4. The lowest BCUT2D eigenvalue weighted by atomic mass is 10.1. The number of anilines is 1. The SMILES string of the molecule is Cc1ccc(NC(=O)c2cccc(-c3cnc(Oc4ccc(F)cc4)nc3)c2)cc1. The van der Waals surface area contributed by atoms with E-state index in [1.165, 1.54) is 24.3 Å². The van der Waals surface area contributed by atoms with Crippen molar-refractivity contribution < 1.29 is 13.9 Å². The Bertz CT molecular complexity index is 1160. The Balaban J connectivity index is 1.48. The number of amides is 1. The molecule has 1 heterocycles. The molecule has 0 saturated carbocycles. The van der Waals surface area contributed by atoms with Crippen LogP contribution in [-0.4, -0.2) is 15.9 Å². The van der Waals surface area contributed by atoms with Crippen LogP contribution in [0.15, 0.2) is 85.2 Å². The van der Waals surface area contributed by atoms with Crippen LogP contribution in [0.25, 0.3) is 11.1 Å². The second-order valence-electron chi connectivity index (χ2n) is 6.71. The van der Waals surface area contributed by atoms with Gasteiger partial charge in [0.1, 0.15) is 11.6 Å². The van der Waals surface area contributed by atoms with Crippen LogP contribution in [0.1, 0.15) is 15.9 Å². The largest absolute Gasteiger partial charge is 0.424 e. The van der Waals surface area contributed by atoms with Crippen LogP contribution in [0, 0.1) is 12.7 Å². The number of benzene rings is 3. The molecule has 30 heavy (non-hydrogen) atoms. The van der Waals surface area contributed by atoms with Gasteiger partial charge in [-0.1, -0.05) is 29.8 Å². The van der Waals surface area contributed by atoms with Crippen molar-refractivity contribution in [2.24, 2.45) is 0 Å². The van der Waals surface area contributed by atoms with Crippen LogP contribution in [0.4, 0.5) is 10.1 Å². The first-order valence-electron chi connectivity index (χ1n) is 9.31. The molecule has 6 heteroatoms. The van der Waals surface area contributed by atoms with Crippen LogP contribution in [0.3, 0.4) is 0 Å². The first-order chi connectivity index (χ1) is 14.6. The van der Waals surface area contributed by atoms with Gasteiger partial charge in [0.2, 0.25) is 0 Å². The second-order valence-corrected chi connectivity index (χ2v) is 6.71. The normalized spacial score (nSPS) is 10.5. The van der Waals surface area contributed by atoms with E-state index in [1.807, 2.05) is 43.3 Å². The second kappa shape index (κ2) is 8.53. The topological polar surface area (TPSA) is 64.1 Å². The summed E-state index contributed by atoms with van der Waals surface area (Å²) in [5.74, 6) is -0.0956. The lowest BCUT2D eigenvalue weighted by Gasteiger charge is -2.08. The number of nitrogens with one attached hydrogen (secondary N) is 1. The number of carbonyl (C=O) groups excluding carboxylic acids is 1. The van der Waals surface area contributed by atoms with E-state index in [4.69, 9.17) is 4.74 Å². The van der Waals surface area contributed by atoms with Gasteiger partial charge < -0.3 is 10.1 Å². The molecule has 0 aliphatic heterocycles. The maximum atomic E-state index is 13.0. The highest BCUT2D eigenvalue weighted by atomic mass is 19.1. The summed E-state index contributed by atoms with van der Waals surface area (Å²) in [5, 5.41) is 2.89. The molecule has 1 N–H and O–H groups in total. The van der Waals surface area contributed by atoms with Gasteiger partial charge >= 0.3 is 6.01 Å². The Kier molecular flexibility index (Phi) is 5.48. The Morgan fingerprint density at radius 3 is 2.30 bits per heavy atom. The van der Waals surface area contributed by atoms with E-state index in [9.17, 15) is 9.18 Å². The van der Waals surface area contributed by atoms with Gasteiger partial charge in [-0.15, -0.1) is 0 Å². The van der Waals surface area contributed by atoms with E-state index in [0.717, 1.165) is 22.4 Å². The maximum Gasteiger partial charge on any atom is 0.321 e. The van der Waals surface area contributed by atoms with E-state index in [0.29, 0.717) is 11.3 Å². The average Bonchev–Trinajstić information content (AvgIpc) is 2.77. The van der Waals surface area contributed by atoms with E-state index >= 15 is 0 Å². The summed E-state index contributed by atoms with van der Waals surface area (Å²) < 4.78 is 18.5. The first kappa shape index (κ1) is 19.3. The van der Waals surface area contributed by atoms with Crippen LogP contribution in [0.2, 0.25) is 0 Å². The predicted molar refractivity (Wildman–Crippen MR) is 113 cm³/mol. The van der Waals surface area contributed by atoms with E-state index in [2.05, 4.69) is 15.3 Å². The number of carbonyl (C=O) groups is 1. The smallest absolute Gasteiger partial charge is 0.321 e. The highest BCUT2D eigenvalue weighted by molar-refractivity contribution is 6.04. The quantitative estimate of drug-likeness (QED) is 0.472. The van der Waals surface area contributed by atoms with Gasteiger partial charge in [-0.25, -0.2) is 14.4 Å². The Hall–Kier alpha value is -4.06. The van der Waals surface area contributed by atoms with Crippen molar-refractivity contribution in [3.05, 3.63) is 102 Å². The van der Waals surface area contributed by atoms with Crippen molar-refractivity contribution >= 4 is 11.6 Å². The Morgan fingerprint density at radius 1 is 0.900 bits per heavy atom. The van der Waals surface area contributed by atoms with Gasteiger partial charge in [0.15, 0.2) is 0 Å². The number of nitrogens with zero attached hydrogens (tertiary/aromatic N) is 2. The molecule has 0 aliphatic rings. The molecular weight excluding hydrogens is 381 g/mol. The van der Waals surface area contributed by atoms with Crippen LogP contribution < -0.4 is 10.1 Å². The molecule has 0 unspecified atom stereocenters. The molecule has 0 atom stereocenters. The van der Waals surface area contributed by atoms with Crippen molar-refractivity contribution in [2.75, 3.05) is 5.32 Å². The summed E-state index contributed by atoms with van der Waals surface area (Å²) in [6.07, 6.45) is 3.23. The fourth-order valence-corrected chi connectivity index (χ4v) is 2.81. The molecule has 0 fully saturated rings. The monoisotopic (exact) mass is 399 g/mol. The Labute approximate surface area is 173 Å². The van der Waals surface area contributed by atoms with Gasteiger partial charge in [0.05, 0.1) is 0 Å². The molecule has 0 saturated heterocycles. The van der Waals surface area contributed by atoms with E-state index in [1.54, 1.807) is 24.5 Å². The summed E-state index contributed by atoms with van der Waals surface area (Å²) in [7, 11) is 0. The van der Waals surface area contributed by atoms with E-state index < -0.39 is 0 Å². The number of halogens is 1. The number of aromatic nitrogens is 2. The van der Waals surface area contributed by atoms with Gasteiger partial charge in [0, 0.05) is 29.2 Å². The number of ether oxygens (including phenoxy) is 1. The summed E-state index contributed by atoms with van der Waals surface area (Å²) in [5.41, 5.74) is 3.94. The van der Waals surface area contributed by atoms with Crippen molar-refractivity contribution in [1.29, 1.82) is 0 Å². The number of rotatable bonds is 5. The van der Waals surface area contributed by atoms with Crippen molar-refractivity contribution in [2.45, 2.75) is 6.92 Å². The fraction of sp³-hybridized carbons (Fsp3) is 0.0417. The van der Waals surface area contributed by atoms with Gasteiger partial charge in [-0.3, -0.25) is 4.79 Å². The molecule has 5 nitrogen and oxygen atoms in total. The third-order valence-electron chi connectivity index (χ3n) is 4.42. The molecule has 0 aliphatic carbocycles. The molecule has 0 bridgehead atoms. The molecule has 4 aromatic rings. The Morgan fingerprint density at radius 2 is 1.60 bits per heavy atom. The molecule has 4 rings (SSSR count). The minimum atomic E-state index is -0.343. The fourth-order valence-electron chi connectivity index (χ4n) is 2.81. The first-order valence-corrected chi connectivity index (χ1v) is 9.31. The zero-order valence-corrected chi connectivity index (χ0v) is 16.2. The summed E-state index contributed by atoms with van der Waals surface area (Å²) in [6, 6.07) is 20.6. The van der Waals surface area contributed by atoms with Crippen molar-refractivity contribution in [1.82, 2.24) is 9.97 Å². The predicted octanol–water partition coefficient (Wildman–Crippen LogP) is 5.64. The lowest BCUT2D eigenvalue weighted by Crippen LogP contribution is -2.11. The van der Waals surface area contributed by atoms with Crippen LogP contribution in [-0.2, 0) is 0 Å². The number of hydrogen-bond donors (Lipinski definition) is 1. The molecule has 0 spiro atoms. The number of aryl methyl sites for hydroxylation is 1. The molecule has 1 amide bonds. The zero-order chi connectivity index (χ0) is 20.9. The highest BCUT2D eigenvalue weighted by Crippen LogP contribution is 2.23. The van der Waals surface area contributed by atoms with Crippen LogP contribution >= 0.6 is 0 Å². The van der Waals surface area contributed by atoms with Crippen molar-refractivity contribution in [3.63, 3.8) is 0 Å². The van der Waals surface area contributed by atoms with Crippen LogP contribution in [0.5, 0.6) is 11.8 Å².